The first kappa shape index (κ1) is 14.5. The molecule has 0 bridgehead atoms. The maximum atomic E-state index is 6.09. The van der Waals surface area contributed by atoms with Gasteiger partial charge in [0, 0.05) is 11.1 Å². The molecular weight excluding hydrogens is 230 g/mol. The molecule has 0 aliphatic carbocycles. The minimum atomic E-state index is 0.236. The molecule has 1 nitrogen and oxygen atoms in total. The van der Waals surface area contributed by atoms with E-state index in [0.29, 0.717) is 6.04 Å². The number of benzene rings is 1. The maximum absolute atomic E-state index is 6.09. The lowest BCUT2D eigenvalue weighted by atomic mass is 9.78. The van der Waals surface area contributed by atoms with E-state index in [1.807, 2.05) is 12.1 Å². The summed E-state index contributed by atoms with van der Waals surface area (Å²) >= 11 is 6.09. The fourth-order valence-electron chi connectivity index (χ4n) is 2.02. The second-order valence-electron chi connectivity index (χ2n) is 5.28. The van der Waals surface area contributed by atoms with Gasteiger partial charge < -0.3 is 5.32 Å². The number of halogens is 1. The van der Waals surface area contributed by atoms with Crippen LogP contribution in [0.15, 0.2) is 24.3 Å². The van der Waals surface area contributed by atoms with E-state index in [1.54, 1.807) is 0 Å². The Morgan fingerprint density at radius 2 is 2.00 bits per heavy atom. The Bertz CT molecular complexity index is 347. The van der Waals surface area contributed by atoms with Crippen LogP contribution < -0.4 is 5.32 Å². The number of hydrogen-bond acceptors (Lipinski definition) is 1. The quantitative estimate of drug-likeness (QED) is 0.767. The highest BCUT2D eigenvalue weighted by atomic mass is 35.5. The summed E-state index contributed by atoms with van der Waals surface area (Å²) in [4.78, 5) is 0. The highest BCUT2D eigenvalue weighted by molar-refractivity contribution is 6.30. The molecule has 1 rings (SSSR count). The van der Waals surface area contributed by atoms with E-state index in [2.05, 4.69) is 45.1 Å². The van der Waals surface area contributed by atoms with Gasteiger partial charge in [-0.2, -0.15) is 0 Å². The van der Waals surface area contributed by atoms with E-state index in [4.69, 9.17) is 11.6 Å². The molecule has 0 radical (unpaired) electrons. The molecule has 0 spiro atoms. The summed E-state index contributed by atoms with van der Waals surface area (Å²) in [6.07, 6.45) is 2.29. The fraction of sp³-hybridized carbons (Fsp3) is 0.600. The average molecular weight is 254 g/mol. The molecule has 1 atom stereocenters. The van der Waals surface area contributed by atoms with E-state index < -0.39 is 0 Å². The molecule has 0 saturated heterocycles. The van der Waals surface area contributed by atoms with Gasteiger partial charge in [-0.3, -0.25) is 0 Å². The lowest BCUT2D eigenvalue weighted by molar-refractivity contribution is 0.235. The molecule has 1 N–H and O–H groups in total. The first-order valence-electron chi connectivity index (χ1n) is 6.50. The summed E-state index contributed by atoms with van der Waals surface area (Å²) in [7, 11) is 0. The zero-order chi connectivity index (χ0) is 12.9. The van der Waals surface area contributed by atoms with Crippen molar-refractivity contribution in [2.24, 2.45) is 5.41 Å². The largest absolute Gasteiger partial charge is 0.309 e. The molecule has 1 unspecified atom stereocenters. The number of hydrogen-bond donors (Lipinski definition) is 1. The summed E-state index contributed by atoms with van der Waals surface area (Å²) in [5, 5.41) is 4.46. The molecule has 0 fully saturated rings. The van der Waals surface area contributed by atoms with Gasteiger partial charge in [-0.05, 0) is 42.5 Å². The summed E-state index contributed by atoms with van der Waals surface area (Å²) in [6.45, 7) is 10.1. The first-order chi connectivity index (χ1) is 8.01. The lowest BCUT2D eigenvalue weighted by Crippen LogP contribution is -2.34. The van der Waals surface area contributed by atoms with Crippen LogP contribution in [0.1, 0.15) is 52.1 Å². The lowest BCUT2D eigenvalue weighted by Gasteiger charge is -2.35. The van der Waals surface area contributed by atoms with Crippen LogP contribution in [0, 0.1) is 5.41 Å². The number of nitrogens with one attached hydrogen (secondary N) is 1. The standard InChI is InChI=1S/C15H24ClN/c1-5-10-17-14(15(3,4)6-2)12-8-7-9-13(16)11-12/h7-9,11,14,17H,5-6,10H2,1-4H3. The topological polar surface area (TPSA) is 12.0 Å². The van der Waals surface area contributed by atoms with Crippen LogP contribution in [0.5, 0.6) is 0 Å². The van der Waals surface area contributed by atoms with E-state index in [1.165, 1.54) is 5.56 Å². The van der Waals surface area contributed by atoms with Gasteiger partial charge in [-0.25, -0.2) is 0 Å². The minimum absolute atomic E-state index is 0.236. The van der Waals surface area contributed by atoms with Crippen LogP contribution in [0.2, 0.25) is 5.02 Å². The highest BCUT2D eigenvalue weighted by Crippen LogP contribution is 2.36. The van der Waals surface area contributed by atoms with Crippen LogP contribution in [0.4, 0.5) is 0 Å². The van der Waals surface area contributed by atoms with Crippen LogP contribution in [-0.4, -0.2) is 6.54 Å². The Hall–Kier alpha value is -0.530. The molecule has 0 amide bonds. The molecule has 96 valence electrons. The molecule has 17 heavy (non-hydrogen) atoms. The third-order valence-electron chi connectivity index (χ3n) is 3.47. The van der Waals surface area contributed by atoms with Crippen LogP contribution in [-0.2, 0) is 0 Å². The zero-order valence-corrected chi connectivity index (χ0v) is 12.1. The molecule has 0 aliphatic rings. The maximum Gasteiger partial charge on any atom is 0.0409 e. The van der Waals surface area contributed by atoms with Gasteiger partial charge in [0.1, 0.15) is 0 Å². The van der Waals surface area contributed by atoms with Gasteiger partial charge in [0.05, 0.1) is 0 Å². The first-order valence-corrected chi connectivity index (χ1v) is 6.88. The van der Waals surface area contributed by atoms with Gasteiger partial charge in [0.25, 0.3) is 0 Å². The molecule has 0 aliphatic heterocycles. The molecule has 0 heterocycles. The van der Waals surface area contributed by atoms with Gasteiger partial charge in [0.15, 0.2) is 0 Å². The SMILES string of the molecule is CCCNC(c1cccc(Cl)c1)C(C)(C)CC. The van der Waals surface area contributed by atoms with Gasteiger partial charge in [-0.1, -0.05) is 51.4 Å². The van der Waals surface area contributed by atoms with Crippen molar-refractivity contribution in [1.82, 2.24) is 5.32 Å². The Kier molecular flexibility index (Phi) is 5.48. The average Bonchev–Trinajstić information content (AvgIpc) is 2.29. The highest BCUT2D eigenvalue weighted by Gasteiger charge is 2.28. The Morgan fingerprint density at radius 1 is 1.29 bits per heavy atom. The van der Waals surface area contributed by atoms with Crippen molar-refractivity contribution in [2.75, 3.05) is 6.54 Å². The smallest absolute Gasteiger partial charge is 0.0409 e. The Labute approximate surface area is 111 Å². The van der Waals surface area contributed by atoms with Crippen molar-refractivity contribution >= 4 is 11.6 Å². The monoisotopic (exact) mass is 253 g/mol. The normalized spacial score (nSPS) is 13.7. The van der Waals surface area contributed by atoms with E-state index >= 15 is 0 Å². The zero-order valence-electron chi connectivity index (χ0n) is 11.4. The summed E-state index contributed by atoms with van der Waals surface area (Å²) in [6, 6.07) is 8.57. The van der Waals surface area contributed by atoms with Crippen LogP contribution in [0.3, 0.4) is 0 Å². The predicted molar refractivity (Wildman–Crippen MR) is 76.6 cm³/mol. The van der Waals surface area contributed by atoms with E-state index in [0.717, 1.165) is 24.4 Å². The van der Waals surface area contributed by atoms with Crippen molar-refractivity contribution in [3.05, 3.63) is 34.9 Å². The summed E-state index contributed by atoms with van der Waals surface area (Å²) < 4.78 is 0. The molecule has 2 heteroatoms. The second kappa shape index (κ2) is 6.42. The van der Waals surface area contributed by atoms with Crippen molar-refractivity contribution < 1.29 is 0 Å². The van der Waals surface area contributed by atoms with Gasteiger partial charge in [0.2, 0.25) is 0 Å². The van der Waals surface area contributed by atoms with Crippen molar-refractivity contribution in [3.63, 3.8) is 0 Å². The molecule has 1 aromatic carbocycles. The second-order valence-corrected chi connectivity index (χ2v) is 5.72. The Morgan fingerprint density at radius 3 is 2.53 bits per heavy atom. The third-order valence-corrected chi connectivity index (χ3v) is 3.71. The Balaban J connectivity index is 2.97. The number of rotatable bonds is 6. The van der Waals surface area contributed by atoms with Gasteiger partial charge in [-0.15, -0.1) is 0 Å². The summed E-state index contributed by atoms with van der Waals surface area (Å²) in [5.41, 5.74) is 1.53. The van der Waals surface area contributed by atoms with Crippen LogP contribution >= 0.6 is 11.6 Å². The summed E-state index contributed by atoms with van der Waals surface area (Å²) in [5.74, 6) is 0. The van der Waals surface area contributed by atoms with E-state index in [-0.39, 0.29) is 5.41 Å². The predicted octanol–water partition coefficient (Wildman–Crippen LogP) is 4.82. The van der Waals surface area contributed by atoms with E-state index in [9.17, 15) is 0 Å². The third kappa shape index (κ3) is 4.01. The van der Waals surface area contributed by atoms with Crippen molar-refractivity contribution in [1.29, 1.82) is 0 Å². The molecule has 0 saturated carbocycles. The van der Waals surface area contributed by atoms with Crippen LogP contribution in [0.25, 0.3) is 0 Å². The van der Waals surface area contributed by atoms with Crippen molar-refractivity contribution in [3.8, 4) is 0 Å². The molecule has 0 aromatic heterocycles. The van der Waals surface area contributed by atoms with Crippen molar-refractivity contribution in [2.45, 2.75) is 46.6 Å². The molecular formula is C15H24ClN. The minimum Gasteiger partial charge on any atom is -0.309 e. The fourth-order valence-corrected chi connectivity index (χ4v) is 2.22. The van der Waals surface area contributed by atoms with Gasteiger partial charge >= 0.3 is 0 Å². The molecule has 1 aromatic rings.